The molecule has 3 rings (SSSR count). The summed E-state index contributed by atoms with van der Waals surface area (Å²) < 4.78 is 15.7. The van der Waals surface area contributed by atoms with Crippen LogP contribution < -0.4 is 26.6 Å². The molecule has 0 radical (unpaired) electrons. The van der Waals surface area contributed by atoms with E-state index in [-0.39, 0.29) is 57.1 Å². The van der Waals surface area contributed by atoms with Crippen LogP contribution in [0.15, 0.2) is 54.4 Å². The summed E-state index contributed by atoms with van der Waals surface area (Å²) in [5, 5.41) is 31.3. The number of hydrogen-bond donors (Lipinski definition) is 6. The Morgan fingerprint density at radius 3 is 2.30 bits per heavy atom. The summed E-state index contributed by atoms with van der Waals surface area (Å²) in [5.41, 5.74) is 7.32. The maximum absolute atomic E-state index is 14.2. The fraction of sp³-hybridized carbons (Fsp3) is 0.590. The SMILES string of the molecule is CC[C@H](C)[C@@H](CO)NC(=O)C[C@H](O)[C@H](CC(C)C)NC(=O)[C@H](CC1=CN(C(=O)[C@H](C)N)CN1c1cccc2ccccc12)NC(=O)OCCOCCOC. The zero-order valence-corrected chi connectivity index (χ0v) is 32.5. The molecule has 0 fully saturated rings. The molecule has 0 saturated carbocycles. The van der Waals surface area contributed by atoms with Gasteiger partial charge in [0.1, 0.15) is 19.3 Å². The quantitative estimate of drug-likeness (QED) is 0.0964. The molecule has 2 aromatic rings. The summed E-state index contributed by atoms with van der Waals surface area (Å²) in [4.78, 5) is 56.9. The minimum atomic E-state index is -1.28. The van der Waals surface area contributed by atoms with Crippen LogP contribution in [-0.2, 0) is 28.6 Å². The highest BCUT2D eigenvalue weighted by atomic mass is 16.6. The van der Waals surface area contributed by atoms with Gasteiger partial charge in [0.05, 0.1) is 62.8 Å². The summed E-state index contributed by atoms with van der Waals surface area (Å²) in [7, 11) is 1.55. The molecule has 0 bridgehead atoms. The van der Waals surface area contributed by atoms with E-state index in [0.29, 0.717) is 25.3 Å². The second-order valence-corrected chi connectivity index (χ2v) is 14.2. The molecule has 0 aliphatic carbocycles. The van der Waals surface area contributed by atoms with Gasteiger partial charge in [-0.2, -0.15) is 0 Å². The Balaban J connectivity index is 1.92. The van der Waals surface area contributed by atoms with Gasteiger partial charge < -0.3 is 51.0 Å². The minimum absolute atomic E-state index is 0.0170. The van der Waals surface area contributed by atoms with Gasteiger partial charge in [-0.15, -0.1) is 0 Å². The van der Waals surface area contributed by atoms with Crippen LogP contribution in [0.5, 0.6) is 0 Å². The molecule has 0 spiro atoms. The fourth-order valence-electron chi connectivity index (χ4n) is 6.16. The van der Waals surface area contributed by atoms with Gasteiger partial charge in [0, 0.05) is 30.8 Å². The monoisotopic (exact) mass is 756 g/mol. The van der Waals surface area contributed by atoms with E-state index in [4.69, 9.17) is 19.9 Å². The summed E-state index contributed by atoms with van der Waals surface area (Å²) in [5.74, 6) is -1.38. The number of ether oxygens (including phenoxy) is 3. The molecular weight excluding hydrogens is 696 g/mol. The van der Waals surface area contributed by atoms with Crippen LogP contribution in [0.25, 0.3) is 10.8 Å². The summed E-state index contributed by atoms with van der Waals surface area (Å²) in [6.07, 6.45) is 0.156. The Kier molecular flexibility index (Phi) is 18.1. The third kappa shape index (κ3) is 13.2. The number of hydrogen-bond acceptors (Lipinski definition) is 11. The first-order valence-corrected chi connectivity index (χ1v) is 18.7. The van der Waals surface area contributed by atoms with Gasteiger partial charge >= 0.3 is 6.09 Å². The highest BCUT2D eigenvalue weighted by molar-refractivity contribution is 5.96. The average molecular weight is 757 g/mol. The van der Waals surface area contributed by atoms with Crippen LogP contribution in [0.4, 0.5) is 10.5 Å². The average Bonchev–Trinajstić information content (AvgIpc) is 3.56. The smallest absolute Gasteiger partial charge is 0.407 e. The molecule has 1 aliphatic heterocycles. The van der Waals surface area contributed by atoms with Crippen molar-refractivity contribution in [1.29, 1.82) is 0 Å². The van der Waals surface area contributed by atoms with Crippen LogP contribution >= 0.6 is 0 Å². The van der Waals surface area contributed by atoms with E-state index in [1.165, 1.54) is 4.90 Å². The normalized spacial score (nSPS) is 16.3. The van der Waals surface area contributed by atoms with Crippen LogP contribution in [-0.4, -0.2) is 116 Å². The fourth-order valence-corrected chi connectivity index (χ4v) is 6.16. The lowest BCUT2D eigenvalue weighted by molar-refractivity contribution is -0.129. The first-order valence-electron chi connectivity index (χ1n) is 18.7. The number of amides is 4. The van der Waals surface area contributed by atoms with Crippen molar-refractivity contribution in [2.24, 2.45) is 17.6 Å². The second kappa shape index (κ2) is 22.2. The largest absolute Gasteiger partial charge is 0.447 e. The van der Waals surface area contributed by atoms with Gasteiger partial charge in [0.15, 0.2) is 0 Å². The van der Waals surface area contributed by atoms with E-state index >= 15 is 0 Å². The van der Waals surface area contributed by atoms with Gasteiger partial charge in [-0.3, -0.25) is 19.3 Å². The van der Waals surface area contributed by atoms with Gasteiger partial charge in [-0.1, -0.05) is 70.5 Å². The number of fused-ring (bicyclic) bond motifs is 1. The standard InChI is InChI=1S/C39H60N6O9/c1-7-26(4)33(23-46)41-36(48)21-35(47)31(19-25(2)3)42-37(49)32(43-39(51)54-18-17-53-16-15-52-6)20-29-22-44(38(50)27(5)40)24-45(29)34-14-10-12-28-11-8-9-13-30(28)34/h8-14,22,25-27,31-33,35,46-47H,7,15-21,23-24,40H2,1-6H3,(H,41,48)(H,42,49)(H,43,51)/t26-,27-,31-,32-,33+,35-/m0/s1. The molecule has 6 atom stereocenters. The van der Waals surface area contributed by atoms with Crippen molar-refractivity contribution in [2.45, 2.75) is 90.6 Å². The van der Waals surface area contributed by atoms with Crippen LogP contribution in [0.2, 0.25) is 0 Å². The number of benzene rings is 2. The number of rotatable bonds is 22. The Hall–Kier alpha value is -4.28. The molecule has 7 N–H and O–H groups in total. The van der Waals surface area contributed by atoms with Crippen LogP contribution in [0, 0.1) is 11.8 Å². The lowest BCUT2D eigenvalue weighted by Gasteiger charge is -2.30. The molecule has 4 amide bonds. The van der Waals surface area contributed by atoms with E-state index in [9.17, 15) is 29.4 Å². The van der Waals surface area contributed by atoms with Crippen molar-refractivity contribution in [3.05, 3.63) is 54.4 Å². The summed E-state index contributed by atoms with van der Waals surface area (Å²) in [6.45, 7) is 9.92. The zero-order chi connectivity index (χ0) is 39.8. The number of carbonyl (C=O) groups excluding carboxylic acids is 4. The molecule has 0 unspecified atom stereocenters. The zero-order valence-electron chi connectivity index (χ0n) is 32.5. The molecule has 300 valence electrons. The highest BCUT2D eigenvalue weighted by Gasteiger charge is 2.35. The minimum Gasteiger partial charge on any atom is -0.447 e. The number of nitrogens with zero attached hydrogens (tertiary/aromatic N) is 2. The molecule has 1 aliphatic rings. The number of nitrogens with one attached hydrogen (secondary N) is 3. The lowest BCUT2D eigenvalue weighted by Crippen LogP contribution is -2.54. The van der Waals surface area contributed by atoms with Gasteiger partial charge in [-0.05, 0) is 36.6 Å². The van der Waals surface area contributed by atoms with Crippen molar-refractivity contribution in [1.82, 2.24) is 20.9 Å². The summed E-state index contributed by atoms with van der Waals surface area (Å²) in [6, 6.07) is 10.2. The Morgan fingerprint density at radius 2 is 1.63 bits per heavy atom. The third-order valence-corrected chi connectivity index (χ3v) is 9.38. The number of methoxy groups -OCH3 is 1. The number of nitrogens with two attached hydrogens (primary N) is 1. The lowest BCUT2D eigenvalue weighted by atomic mass is 9.95. The molecule has 15 nitrogen and oxygen atoms in total. The predicted octanol–water partition coefficient (Wildman–Crippen LogP) is 2.59. The van der Waals surface area contributed by atoms with E-state index in [0.717, 1.165) is 22.9 Å². The molecule has 54 heavy (non-hydrogen) atoms. The maximum Gasteiger partial charge on any atom is 0.407 e. The Morgan fingerprint density at radius 1 is 0.926 bits per heavy atom. The van der Waals surface area contributed by atoms with Gasteiger partial charge in [0.25, 0.3) is 0 Å². The summed E-state index contributed by atoms with van der Waals surface area (Å²) >= 11 is 0. The number of alkyl carbamates (subject to hydrolysis) is 1. The van der Waals surface area contributed by atoms with Crippen LogP contribution in [0.1, 0.15) is 60.3 Å². The Bertz CT molecular complexity index is 1550. The van der Waals surface area contributed by atoms with Crippen molar-refractivity contribution in [3.8, 4) is 0 Å². The third-order valence-electron chi connectivity index (χ3n) is 9.38. The highest BCUT2D eigenvalue weighted by Crippen LogP contribution is 2.34. The Labute approximate surface area is 318 Å². The number of carbonyl (C=O) groups is 4. The van der Waals surface area contributed by atoms with E-state index < -0.39 is 48.2 Å². The maximum atomic E-state index is 14.2. The van der Waals surface area contributed by atoms with Crippen molar-refractivity contribution in [3.63, 3.8) is 0 Å². The van der Waals surface area contributed by atoms with Gasteiger partial charge in [0.2, 0.25) is 17.7 Å². The predicted molar refractivity (Wildman–Crippen MR) is 206 cm³/mol. The molecule has 0 aromatic heterocycles. The van der Waals surface area contributed by atoms with Crippen molar-refractivity contribution >= 4 is 40.3 Å². The first kappa shape index (κ1) is 44.1. The topological polar surface area (TPSA) is 205 Å². The second-order valence-electron chi connectivity index (χ2n) is 14.2. The molecule has 15 heteroatoms. The van der Waals surface area contributed by atoms with E-state index in [1.54, 1.807) is 20.2 Å². The molecule has 1 heterocycles. The number of aliphatic hydroxyl groups excluding tert-OH is 2. The van der Waals surface area contributed by atoms with E-state index in [1.807, 2.05) is 75.1 Å². The molecular formula is C39H60N6O9. The van der Waals surface area contributed by atoms with Gasteiger partial charge in [-0.25, -0.2) is 4.79 Å². The van der Waals surface area contributed by atoms with Crippen LogP contribution in [0.3, 0.4) is 0 Å². The first-order chi connectivity index (χ1) is 25.8. The molecule has 0 saturated heterocycles. The number of aliphatic hydroxyl groups is 2. The van der Waals surface area contributed by atoms with E-state index in [2.05, 4.69) is 16.0 Å². The number of anilines is 1. The molecule has 2 aromatic carbocycles. The van der Waals surface area contributed by atoms with Crippen molar-refractivity contribution in [2.75, 3.05) is 51.7 Å². The van der Waals surface area contributed by atoms with Crippen molar-refractivity contribution < 1.29 is 43.6 Å².